The van der Waals surface area contributed by atoms with Crippen LogP contribution in [0.3, 0.4) is 0 Å². The predicted molar refractivity (Wildman–Crippen MR) is 165 cm³/mol. The first-order valence-corrected chi connectivity index (χ1v) is 14.4. The summed E-state index contributed by atoms with van der Waals surface area (Å²) in [5.41, 5.74) is 3.55. The molecule has 0 saturated carbocycles. The molecule has 3 aliphatic rings. The maximum atomic E-state index is 13.1. The van der Waals surface area contributed by atoms with Crippen LogP contribution in [0.15, 0.2) is 97.7 Å². The van der Waals surface area contributed by atoms with E-state index >= 15 is 0 Å². The molecule has 3 saturated heterocycles. The highest BCUT2D eigenvalue weighted by molar-refractivity contribution is 8.93. The predicted octanol–water partition coefficient (Wildman–Crippen LogP) is 7.29. The quantitative estimate of drug-likeness (QED) is 0.130. The molecule has 0 aliphatic carbocycles. The van der Waals surface area contributed by atoms with Crippen LogP contribution in [-0.2, 0) is 19.3 Å². The zero-order valence-electron chi connectivity index (χ0n) is 23.8. The third-order valence-corrected chi connectivity index (χ3v) is 9.57. The summed E-state index contributed by atoms with van der Waals surface area (Å²) >= 11 is 0. The van der Waals surface area contributed by atoms with E-state index in [9.17, 15) is 23.5 Å². The van der Waals surface area contributed by atoms with Gasteiger partial charge in [0.2, 0.25) is 5.52 Å². The minimum atomic E-state index is -4.37. The molecule has 222 valence electrons. The van der Waals surface area contributed by atoms with Crippen molar-refractivity contribution >= 4 is 27.9 Å². The fourth-order valence-electron chi connectivity index (χ4n) is 7.40. The normalized spacial score (nSPS) is 23.7. The van der Waals surface area contributed by atoms with Crippen molar-refractivity contribution in [3.05, 3.63) is 126 Å². The molecule has 7 rings (SSSR count). The van der Waals surface area contributed by atoms with Crippen molar-refractivity contribution in [1.82, 2.24) is 0 Å². The van der Waals surface area contributed by atoms with Gasteiger partial charge < -0.3 is 9.59 Å². The second-order valence-corrected chi connectivity index (χ2v) is 11.9. The fraction of sp³-hybridized carbons (Fsp3) is 0.314. The topological polar surface area (TPSA) is 47.9 Å². The van der Waals surface area contributed by atoms with E-state index in [1.165, 1.54) is 12.1 Å². The number of nitriles is 1. The molecular formula is C35H35BrF3N3O+2. The van der Waals surface area contributed by atoms with Crippen molar-refractivity contribution in [3.8, 4) is 6.07 Å². The van der Waals surface area contributed by atoms with Gasteiger partial charge in [-0.25, -0.2) is 0 Å². The highest BCUT2D eigenvalue weighted by Gasteiger charge is 2.54. The summed E-state index contributed by atoms with van der Waals surface area (Å²) in [4.78, 5) is 0. The summed E-state index contributed by atoms with van der Waals surface area (Å²) in [7, 11) is 0. The standard InChI is InChI=1S/C35H34F3N3O.BrH/c1-2-25-22-41(23-28-8-4-3-7-27(28)20-39)18-16-26(25)19-33(41)34(42)31-15-17-40(32-10-6-5-9-30(31)32)21-24-11-13-29(14-12-24)35(36,37)38;/h2-15,17,25-26,33-34,42H,1,16,18-19,21-23H2;1H/q+2;/t25-,26-,33-,34+,41-;/m0./s1. The molecule has 3 aliphatic heterocycles. The lowest BCUT2D eigenvalue weighted by Gasteiger charge is -2.58. The Labute approximate surface area is 260 Å². The Hall–Kier alpha value is -3.51. The molecule has 43 heavy (non-hydrogen) atoms. The summed E-state index contributed by atoms with van der Waals surface area (Å²) < 4.78 is 41.9. The Bertz CT molecular complexity index is 1670. The number of benzene rings is 3. The van der Waals surface area contributed by atoms with Crippen LogP contribution in [0.2, 0.25) is 0 Å². The number of piperidine rings is 3. The van der Waals surface area contributed by atoms with Crippen LogP contribution in [0.5, 0.6) is 0 Å². The molecular weight excluding hydrogens is 615 g/mol. The molecule has 4 nitrogen and oxygen atoms in total. The minimum Gasteiger partial charge on any atom is -0.382 e. The van der Waals surface area contributed by atoms with E-state index in [4.69, 9.17) is 0 Å². The Morgan fingerprint density at radius 1 is 1.05 bits per heavy atom. The maximum Gasteiger partial charge on any atom is 0.416 e. The maximum absolute atomic E-state index is 13.1. The van der Waals surface area contributed by atoms with Crippen LogP contribution in [0.4, 0.5) is 13.2 Å². The number of pyridine rings is 1. The van der Waals surface area contributed by atoms with Gasteiger partial charge in [0.25, 0.3) is 0 Å². The first-order valence-electron chi connectivity index (χ1n) is 14.4. The number of rotatable bonds is 7. The lowest BCUT2D eigenvalue weighted by atomic mass is 9.71. The van der Waals surface area contributed by atoms with E-state index in [0.717, 1.165) is 65.7 Å². The third kappa shape index (κ3) is 5.86. The lowest BCUT2D eigenvalue weighted by molar-refractivity contribution is -0.985. The second kappa shape index (κ2) is 12.2. The number of hydrogen-bond donors (Lipinski definition) is 1. The molecule has 5 atom stereocenters. The molecule has 1 aromatic heterocycles. The number of nitrogens with zero attached hydrogens (tertiary/aromatic N) is 3. The van der Waals surface area contributed by atoms with E-state index < -0.39 is 17.8 Å². The van der Waals surface area contributed by atoms with E-state index in [1.54, 1.807) is 0 Å². The largest absolute Gasteiger partial charge is 0.416 e. The van der Waals surface area contributed by atoms with Gasteiger partial charge in [-0.2, -0.15) is 23.0 Å². The summed E-state index contributed by atoms with van der Waals surface area (Å²) in [6.07, 6.45) is 0.846. The molecule has 8 heteroatoms. The van der Waals surface area contributed by atoms with Gasteiger partial charge in [-0.05, 0) is 30.2 Å². The van der Waals surface area contributed by atoms with Gasteiger partial charge in [0, 0.05) is 47.6 Å². The Balaban J connectivity index is 0.00000368. The highest BCUT2D eigenvalue weighted by Crippen LogP contribution is 2.48. The van der Waals surface area contributed by atoms with Crippen molar-refractivity contribution in [3.63, 3.8) is 0 Å². The fourth-order valence-corrected chi connectivity index (χ4v) is 7.40. The van der Waals surface area contributed by atoms with Crippen LogP contribution in [0, 0.1) is 23.2 Å². The Kier molecular flexibility index (Phi) is 8.80. The number of quaternary nitrogens is 1. The van der Waals surface area contributed by atoms with Gasteiger partial charge >= 0.3 is 6.18 Å². The number of aliphatic hydroxyl groups excluding tert-OH is 1. The van der Waals surface area contributed by atoms with Crippen molar-refractivity contribution in [1.29, 1.82) is 5.26 Å². The Morgan fingerprint density at radius 3 is 2.49 bits per heavy atom. The van der Waals surface area contributed by atoms with Crippen LogP contribution in [-0.4, -0.2) is 28.7 Å². The summed E-state index contributed by atoms with van der Waals surface area (Å²) in [6, 6.07) is 25.2. The summed E-state index contributed by atoms with van der Waals surface area (Å²) in [6.45, 7) is 7.04. The molecule has 2 bridgehead atoms. The molecule has 0 spiro atoms. The van der Waals surface area contributed by atoms with Gasteiger partial charge in [-0.3, -0.25) is 0 Å². The van der Waals surface area contributed by atoms with Gasteiger partial charge in [0.1, 0.15) is 18.7 Å². The van der Waals surface area contributed by atoms with Crippen molar-refractivity contribution < 1.29 is 27.3 Å². The molecule has 0 amide bonds. The van der Waals surface area contributed by atoms with E-state index in [1.807, 2.05) is 65.4 Å². The number of aliphatic hydroxyl groups is 1. The number of aromatic nitrogens is 1. The van der Waals surface area contributed by atoms with E-state index in [-0.39, 0.29) is 23.0 Å². The number of para-hydroxylation sites is 1. The van der Waals surface area contributed by atoms with Gasteiger partial charge in [0.05, 0.1) is 35.7 Å². The van der Waals surface area contributed by atoms with Crippen LogP contribution < -0.4 is 4.57 Å². The second-order valence-electron chi connectivity index (χ2n) is 11.9. The molecule has 1 N–H and O–H groups in total. The van der Waals surface area contributed by atoms with Crippen LogP contribution in [0.1, 0.15) is 46.8 Å². The zero-order valence-corrected chi connectivity index (χ0v) is 25.5. The monoisotopic (exact) mass is 649 g/mol. The van der Waals surface area contributed by atoms with Crippen LogP contribution >= 0.6 is 17.0 Å². The van der Waals surface area contributed by atoms with E-state index in [2.05, 4.69) is 18.7 Å². The lowest BCUT2D eigenvalue weighted by Crippen LogP contribution is -2.67. The summed E-state index contributed by atoms with van der Waals surface area (Å²) in [5.74, 6) is 0.836. The molecule has 0 radical (unpaired) electrons. The van der Waals surface area contributed by atoms with E-state index in [0.29, 0.717) is 35.0 Å². The third-order valence-electron chi connectivity index (χ3n) is 9.57. The average Bonchev–Trinajstić information content (AvgIpc) is 3.01. The Morgan fingerprint density at radius 2 is 1.77 bits per heavy atom. The van der Waals surface area contributed by atoms with Gasteiger partial charge in [-0.1, -0.05) is 48.5 Å². The number of fused-ring (bicyclic) bond motifs is 4. The summed E-state index contributed by atoms with van der Waals surface area (Å²) in [5, 5.41) is 22.9. The number of halogens is 4. The first kappa shape index (κ1) is 30.9. The molecule has 4 aromatic rings. The number of hydrogen-bond acceptors (Lipinski definition) is 2. The van der Waals surface area contributed by atoms with Gasteiger partial charge in [-0.15, -0.1) is 23.6 Å². The average molecular weight is 651 g/mol. The smallest absolute Gasteiger partial charge is 0.382 e. The molecule has 4 heterocycles. The molecule has 3 aromatic carbocycles. The zero-order chi connectivity index (χ0) is 29.5. The number of alkyl halides is 3. The van der Waals surface area contributed by atoms with Gasteiger partial charge in [0.15, 0.2) is 12.7 Å². The van der Waals surface area contributed by atoms with Crippen molar-refractivity contribution in [2.24, 2.45) is 11.8 Å². The highest BCUT2D eigenvalue weighted by atomic mass is 79.9. The molecule has 0 unspecified atom stereocenters. The van der Waals surface area contributed by atoms with Crippen molar-refractivity contribution in [2.45, 2.75) is 44.3 Å². The first-order chi connectivity index (χ1) is 20.2. The minimum absolute atomic E-state index is 0. The SMILES string of the molecule is Br.C=C[C@H]1C[N@+]2(Cc3ccccc3C#N)CC[C@H]1C[C@H]2[C@H](O)c1cc[n+](Cc2ccc(C(F)(F)F)cc2)c2ccccc12. The molecule has 3 fully saturated rings. The van der Waals surface area contributed by atoms with Crippen LogP contribution in [0.25, 0.3) is 10.9 Å². The van der Waals surface area contributed by atoms with Crippen molar-refractivity contribution in [2.75, 3.05) is 13.1 Å².